The fourth-order valence-electron chi connectivity index (χ4n) is 10.5. The molecule has 322 valence electrons. The van der Waals surface area contributed by atoms with Crippen LogP contribution in [0.15, 0.2) is 107 Å². The number of ether oxygens (including phenoxy) is 1. The number of hydrogen-bond donors (Lipinski definition) is 0. The number of benzene rings is 4. The van der Waals surface area contributed by atoms with Crippen LogP contribution in [0.2, 0.25) is 0 Å². The predicted octanol–water partition coefficient (Wildman–Crippen LogP) is 8.66. The minimum atomic E-state index is -4.24. The number of para-hydroxylation sites is 1. The Labute approximate surface area is 362 Å². The number of imidazole rings is 1. The van der Waals surface area contributed by atoms with E-state index in [9.17, 15) is 4.79 Å². The monoisotopic (exact) mass is 868 g/mol. The highest BCUT2D eigenvalue weighted by atomic mass is 32.2. The molecule has 3 aliphatic heterocycles. The maximum atomic E-state index is 16.1. The average Bonchev–Trinajstić information content (AvgIpc) is 4.09. The Morgan fingerprint density at radius 2 is 1.59 bits per heavy atom. The Hall–Kier alpha value is -6.16. The first-order valence-corrected chi connectivity index (χ1v) is 22.8. The normalized spacial score (nSPS) is 20.0. The fraction of sp³-hybridized carbons (Fsp3) is 0.312. The summed E-state index contributed by atoms with van der Waals surface area (Å²) in [6.45, 7) is 8.22. The zero-order chi connectivity index (χ0) is 43.7. The Balaban J connectivity index is 1.08. The molecular formula is C48H46F2N8O4S. The number of nitrogens with zero attached hydrogens (tertiary/aromatic N) is 8. The van der Waals surface area contributed by atoms with Gasteiger partial charge in [-0.05, 0) is 131 Å². The Morgan fingerprint density at radius 1 is 0.841 bits per heavy atom. The fourth-order valence-corrected chi connectivity index (χ4v) is 12.6. The molecule has 2 fully saturated rings. The lowest BCUT2D eigenvalue weighted by atomic mass is 9.83. The van der Waals surface area contributed by atoms with Crippen molar-refractivity contribution in [3.05, 3.63) is 148 Å². The Morgan fingerprint density at radius 3 is 2.35 bits per heavy atom. The summed E-state index contributed by atoms with van der Waals surface area (Å²) in [7, 11) is -2.53. The summed E-state index contributed by atoms with van der Waals surface area (Å²) >= 11 is 0. The number of fused-ring (bicyclic) bond motifs is 6. The molecule has 0 saturated carbocycles. The van der Waals surface area contributed by atoms with Gasteiger partial charge < -0.3 is 4.74 Å². The molecule has 4 aromatic carbocycles. The number of rotatable bonds is 7. The van der Waals surface area contributed by atoms with Gasteiger partial charge in [0.15, 0.2) is 10.8 Å². The molecule has 0 N–H and O–H groups in total. The molecule has 4 aromatic heterocycles. The van der Waals surface area contributed by atoms with E-state index in [4.69, 9.17) is 9.84 Å². The molecule has 2 saturated heterocycles. The summed E-state index contributed by atoms with van der Waals surface area (Å²) in [5.41, 5.74) is 4.95. The maximum Gasteiger partial charge on any atom is 0.338 e. The van der Waals surface area contributed by atoms with Crippen LogP contribution in [0, 0.1) is 25.5 Å². The molecule has 2 bridgehead atoms. The largest absolute Gasteiger partial charge is 0.376 e. The first-order chi connectivity index (χ1) is 30.2. The predicted molar refractivity (Wildman–Crippen MR) is 236 cm³/mol. The average molecular weight is 869 g/mol. The van der Waals surface area contributed by atoms with Gasteiger partial charge in [-0.3, -0.25) is 18.4 Å². The van der Waals surface area contributed by atoms with Crippen LogP contribution in [-0.4, -0.2) is 64.2 Å². The lowest BCUT2D eigenvalue weighted by Gasteiger charge is -2.35. The molecule has 0 radical (unpaired) electrons. The van der Waals surface area contributed by atoms with E-state index < -0.39 is 33.6 Å². The van der Waals surface area contributed by atoms with Gasteiger partial charge in [0.2, 0.25) is 0 Å². The van der Waals surface area contributed by atoms with Crippen LogP contribution in [0.4, 0.5) is 8.78 Å². The highest BCUT2D eigenvalue weighted by Gasteiger charge is 2.51. The topological polar surface area (TPSA) is 114 Å². The maximum absolute atomic E-state index is 16.1. The molecular weight excluding hydrogens is 823 g/mol. The molecule has 3 aliphatic rings. The molecule has 15 heteroatoms. The van der Waals surface area contributed by atoms with E-state index in [1.54, 1.807) is 71.1 Å². The molecule has 0 aliphatic carbocycles. The van der Waals surface area contributed by atoms with Gasteiger partial charge in [0.05, 0.1) is 51.3 Å². The standard InChI is InChI=1S/C48H46F2N8O4S/c1-28-21-35(22-29(2)44(28)49)57-46(55-19-18-54(47(55)59)41-16-15-39-36(45(41)50)27-51-53(39)5)43-37(52-57)25-34-12-14-40(43)58(34)63(60,61)42-24-32-23-30(31-17-20-62-48(3,4)26-31)11-13-38(32)56(42)33-9-7-6-8-10-33/h6-11,13,15-16,18-19,21-24,27,31,34,40H,12,14,17,20,25-26H2,1-5H3/t31-,34+,40-/m0/s1. The first kappa shape index (κ1) is 39.7. The lowest BCUT2D eigenvalue weighted by molar-refractivity contribution is -0.0592. The summed E-state index contributed by atoms with van der Waals surface area (Å²) in [6.07, 6.45) is 7.57. The molecule has 11 rings (SSSR count). The molecule has 12 nitrogen and oxygen atoms in total. The van der Waals surface area contributed by atoms with E-state index in [1.165, 1.54) is 21.5 Å². The van der Waals surface area contributed by atoms with E-state index >= 15 is 17.2 Å². The second kappa shape index (κ2) is 14.2. The van der Waals surface area contributed by atoms with Crippen LogP contribution in [0.1, 0.15) is 79.4 Å². The number of aromatic nitrogens is 7. The second-order valence-corrected chi connectivity index (χ2v) is 19.8. The smallest absolute Gasteiger partial charge is 0.338 e. The zero-order valence-electron chi connectivity index (χ0n) is 35.6. The number of hydrogen-bond acceptors (Lipinski definition) is 6. The summed E-state index contributed by atoms with van der Waals surface area (Å²) in [5.74, 6) is -0.364. The van der Waals surface area contributed by atoms with Crippen LogP contribution in [-0.2, 0) is 28.2 Å². The molecule has 8 aromatic rings. The highest BCUT2D eigenvalue weighted by molar-refractivity contribution is 7.89. The van der Waals surface area contributed by atoms with E-state index in [1.807, 2.05) is 41.0 Å². The molecule has 0 spiro atoms. The van der Waals surface area contributed by atoms with Gasteiger partial charge in [0, 0.05) is 55.1 Å². The van der Waals surface area contributed by atoms with Gasteiger partial charge >= 0.3 is 5.69 Å². The van der Waals surface area contributed by atoms with Crippen molar-refractivity contribution in [2.24, 2.45) is 7.05 Å². The molecule has 7 heterocycles. The van der Waals surface area contributed by atoms with Crippen molar-refractivity contribution in [3.63, 3.8) is 0 Å². The summed E-state index contributed by atoms with van der Waals surface area (Å²) in [4.78, 5) is 14.7. The van der Waals surface area contributed by atoms with Crippen molar-refractivity contribution >= 4 is 31.8 Å². The highest BCUT2D eigenvalue weighted by Crippen LogP contribution is 2.50. The number of sulfonamides is 1. The summed E-state index contributed by atoms with van der Waals surface area (Å²) < 4.78 is 77.8. The second-order valence-electron chi connectivity index (χ2n) is 18.0. The van der Waals surface area contributed by atoms with Crippen LogP contribution in [0.5, 0.6) is 0 Å². The summed E-state index contributed by atoms with van der Waals surface area (Å²) in [5, 5.41) is 10.5. The van der Waals surface area contributed by atoms with Crippen molar-refractivity contribution in [1.82, 2.24) is 37.6 Å². The third kappa shape index (κ3) is 6.10. The molecule has 0 amide bonds. The van der Waals surface area contributed by atoms with Crippen LogP contribution >= 0.6 is 0 Å². The lowest BCUT2D eigenvalue weighted by Crippen LogP contribution is -2.42. The van der Waals surface area contributed by atoms with Crippen LogP contribution < -0.4 is 5.69 Å². The minimum absolute atomic E-state index is 0.0372. The number of halogens is 2. The van der Waals surface area contributed by atoms with Gasteiger partial charge in [-0.2, -0.15) is 14.5 Å². The third-order valence-electron chi connectivity index (χ3n) is 13.5. The van der Waals surface area contributed by atoms with E-state index in [-0.39, 0.29) is 33.4 Å². The number of aryl methyl sites for hydroxylation is 3. The quantitative estimate of drug-likeness (QED) is 0.159. The Kier molecular flexibility index (Phi) is 8.93. The first-order valence-electron chi connectivity index (χ1n) is 21.4. The molecule has 63 heavy (non-hydrogen) atoms. The van der Waals surface area contributed by atoms with Gasteiger partial charge in [0.1, 0.15) is 11.6 Å². The van der Waals surface area contributed by atoms with E-state index in [0.717, 1.165) is 35.0 Å². The van der Waals surface area contributed by atoms with E-state index in [2.05, 4.69) is 31.1 Å². The van der Waals surface area contributed by atoms with E-state index in [0.29, 0.717) is 65.3 Å². The van der Waals surface area contributed by atoms with Gasteiger partial charge in [0.25, 0.3) is 10.0 Å². The summed E-state index contributed by atoms with van der Waals surface area (Å²) in [6, 6.07) is 23.1. The Bertz CT molecular complexity index is 3320. The van der Waals surface area contributed by atoms with Gasteiger partial charge in [-0.15, -0.1) is 0 Å². The van der Waals surface area contributed by atoms with Crippen LogP contribution in [0.25, 0.3) is 44.7 Å². The zero-order valence-corrected chi connectivity index (χ0v) is 36.4. The van der Waals surface area contributed by atoms with Crippen molar-refractivity contribution in [2.45, 2.75) is 88.4 Å². The minimum Gasteiger partial charge on any atom is -0.376 e. The van der Waals surface area contributed by atoms with Crippen LogP contribution in [0.3, 0.4) is 0 Å². The SMILES string of the molecule is Cc1cc(-n2nc3c(c2-n2ccn(-c4ccc5c(cnn5C)c4F)c2=O)[C@@H]2CC[C@H](C3)N2S(=O)(=O)c2cc3cc([C@H]4CCOC(C)(C)C4)ccc3n2-c2ccccc2)cc(C)c1F. The van der Waals surface area contributed by atoms with Gasteiger partial charge in [-0.1, -0.05) is 24.3 Å². The van der Waals surface area contributed by atoms with Crippen molar-refractivity contribution < 1.29 is 21.9 Å². The molecule has 3 atom stereocenters. The van der Waals surface area contributed by atoms with Gasteiger partial charge in [-0.25, -0.2) is 26.7 Å². The third-order valence-corrected chi connectivity index (χ3v) is 15.4. The molecule has 0 unspecified atom stereocenters. The van der Waals surface area contributed by atoms with Crippen molar-refractivity contribution in [3.8, 4) is 22.9 Å². The van der Waals surface area contributed by atoms with Crippen molar-refractivity contribution in [2.75, 3.05) is 6.61 Å². The van der Waals surface area contributed by atoms with Crippen molar-refractivity contribution in [1.29, 1.82) is 0 Å².